The normalized spacial score (nSPS) is 12.0. The Balaban J connectivity index is 1.62. The number of benzene rings is 2. The number of amides is 1. The van der Waals surface area contributed by atoms with Gasteiger partial charge in [0.2, 0.25) is 11.8 Å². The molecule has 10 heteroatoms. The number of fused-ring (bicyclic) bond motifs is 1. The second-order valence-corrected chi connectivity index (χ2v) is 8.26. The van der Waals surface area contributed by atoms with Crippen molar-refractivity contribution in [2.75, 3.05) is 0 Å². The predicted octanol–water partition coefficient (Wildman–Crippen LogP) is 4.10. The van der Waals surface area contributed by atoms with Gasteiger partial charge in [-0.05, 0) is 61.7 Å². The van der Waals surface area contributed by atoms with Crippen LogP contribution in [0.5, 0.6) is 0 Å². The fourth-order valence-electron chi connectivity index (χ4n) is 3.61. The number of hydrogen-bond donors (Lipinski definition) is 2. The highest BCUT2D eigenvalue weighted by molar-refractivity contribution is 5.97. The average Bonchev–Trinajstić information content (AvgIpc) is 3.27. The van der Waals surface area contributed by atoms with Crippen molar-refractivity contribution < 1.29 is 23.5 Å². The second-order valence-electron chi connectivity index (χ2n) is 8.26. The molecule has 4 aromatic rings. The molecule has 2 heterocycles. The van der Waals surface area contributed by atoms with Crippen molar-refractivity contribution in [2.24, 2.45) is 5.92 Å². The third-order valence-electron chi connectivity index (χ3n) is 5.56. The lowest BCUT2D eigenvalue weighted by Crippen LogP contribution is -2.23. The average molecular weight is 477 g/mol. The second kappa shape index (κ2) is 10.4. The van der Waals surface area contributed by atoms with E-state index in [0.29, 0.717) is 64.6 Å². The summed E-state index contributed by atoms with van der Waals surface area (Å²) in [4.78, 5) is 33.3. The maximum atomic E-state index is 13.5. The van der Waals surface area contributed by atoms with Crippen LogP contribution in [0.3, 0.4) is 0 Å². The lowest BCUT2D eigenvalue weighted by atomic mass is 10.0. The summed E-state index contributed by atoms with van der Waals surface area (Å²) in [5.41, 5.74) is 3.46. The van der Waals surface area contributed by atoms with Crippen molar-refractivity contribution in [1.29, 1.82) is 0 Å². The van der Waals surface area contributed by atoms with Gasteiger partial charge in [-0.25, -0.2) is 14.4 Å². The summed E-state index contributed by atoms with van der Waals surface area (Å²) in [7, 11) is 0. The molecule has 0 fully saturated rings. The Labute approximate surface area is 200 Å². The van der Waals surface area contributed by atoms with E-state index in [1.807, 2.05) is 0 Å². The van der Waals surface area contributed by atoms with Crippen LogP contribution in [0.2, 0.25) is 0 Å². The molecule has 4 rings (SSSR count). The molecule has 0 aliphatic rings. The minimum Gasteiger partial charge on any atom is -0.481 e. The van der Waals surface area contributed by atoms with E-state index < -0.39 is 11.9 Å². The van der Waals surface area contributed by atoms with Gasteiger partial charge in [0.15, 0.2) is 0 Å². The Morgan fingerprint density at radius 3 is 2.54 bits per heavy atom. The van der Waals surface area contributed by atoms with Crippen LogP contribution in [0.25, 0.3) is 22.3 Å². The standard InChI is InChI=1S/C25H24FN5O4/c1-14(25(33)34)4-3-5-20-23(16-6-9-18(26)10-7-16)29-19-11-8-17(12-21(19)28-20)24(32)27-13-22-31-30-15(2)35-22/h6-12,14H,3-5,13H2,1-2H3,(H,27,32)(H,33,34)/t14-/m0/s1. The van der Waals surface area contributed by atoms with Crippen LogP contribution in [-0.2, 0) is 17.8 Å². The van der Waals surface area contributed by atoms with Gasteiger partial charge in [-0.3, -0.25) is 9.59 Å². The molecular formula is C25H24FN5O4. The highest BCUT2D eigenvalue weighted by Gasteiger charge is 2.16. The Morgan fingerprint density at radius 2 is 1.86 bits per heavy atom. The Morgan fingerprint density at radius 1 is 1.09 bits per heavy atom. The fourth-order valence-corrected chi connectivity index (χ4v) is 3.61. The molecule has 9 nitrogen and oxygen atoms in total. The van der Waals surface area contributed by atoms with Crippen LogP contribution in [-0.4, -0.2) is 37.1 Å². The first-order chi connectivity index (χ1) is 16.8. The zero-order valence-corrected chi connectivity index (χ0v) is 19.3. The van der Waals surface area contributed by atoms with Gasteiger partial charge in [0.25, 0.3) is 5.91 Å². The molecule has 0 aliphatic carbocycles. The molecule has 180 valence electrons. The topological polar surface area (TPSA) is 131 Å². The predicted molar refractivity (Wildman–Crippen MR) is 125 cm³/mol. The largest absolute Gasteiger partial charge is 0.481 e. The molecule has 1 atom stereocenters. The van der Waals surface area contributed by atoms with Gasteiger partial charge in [0.1, 0.15) is 5.82 Å². The summed E-state index contributed by atoms with van der Waals surface area (Å²) in [6, 6.07) is 11.0. The van der Waals surface area contributed by atoms with Gasteiger partial charge < -0.3 is 14.8 Å². The summed E-state index contributed by atoms with van der Waals surface area (Å²) in [5, 5.41) is 19.5. The van der Waals surface area contributed by atoms with E-state index in [0.717, 1.165) is 0 Å². The first-order valence-electron chi connectivity index (χ1n) is 11.2. The maximum Gasteiger partial charge on any atom is 0.306 e. The fraction of sp³-hybridized carbons (Fsp3) is 0.280. The summed E-state index contributed by atoms with van der Waals surface area (Å²) in [6.45, 7) is 3.43. The maximum absolute atomic E-state index is 13.5. The number of aliphatic carboxylic acids is 1. The number of aryl methyl sites for hydroxylation is 2. The van der Waals surface area contributed by atoms with Gasteiger partial charge in [0.05, 0.1) is 34.9 Å². The van der Waals surface area contributed by atoms with Crippen molar-refractivity contribution in [3.8, 4) is 11.3 Å². The monoisotopic (exact) mass is 477 g/mol. The molecule has 0 unspecified atom stereocenters. The summed E-state index contributed by atoms with van der Waals surface area (Å²) in [5.74, 6) is -1.29. The Bertz CT molecular complexity index is 1370. The highest BCUT2D eigenvalue weighted by atomic mass is 19.1. The number of carboxylic acids is 1. The van der Waals surface area contributed by atoms with E-state index in [4.69, 9.17) is 19.5 Å². The van der Waals surface area contributed by atoms with Gasteiger partial charge in [-0.2, -0.15) is 0 Å². The molecule has 0 aliphatic heterocycles. The van der Waals surface area contributed by atoms with Gasteiger partial charge in [-0.1, -0.05) is 6.92 Å². The van der Waals surface area contributed by atoms with E-state index in [1.165, 1.54) is 12.1 Å². The number of hydrogen-bond acceptors (Lipinski definition) is 7. The molecule has 2 N–H and O–H groups in total. The SMILES string of the molecule is Cc1nnc(CNC(=O)c2ccc3nc(-c4ccc(F)cc4)c(CCC[C@H](C)C(=O)O)nc3c2)o1. The molecule has 35 heavy (non-hydrogen) atoms. The third kappa shape index (κ3) is 5.84. The first kappa shape index (κ1) is 23.9. The zero-order chi connectivity index (χ0) is 24.9. The van der Waals surface area contributed by atoms with E-state index in [1.54, 1.807) is 44.2 Å². The number of rotatable bonds is 9. The Kier molecular flexibility index (Phi) is 7.09. The number of halogens is 1. The summed E-state index contributed by atoms with van der Waals surface area (Å²) in [6.07, 6.45) is 1.56. The smallest absolute Gasteiger partial charge is 0.306 e. The molecule has 0 saturated heterocycles. The molecular weight excluding hydrogens is 453 g/mol. The van der Waals surface area contributed by atoms with E-state index >= 15 is 0 Å². The molecule has 2 aromatic heterocycles. The number of carbonyl (C=O) groups is 2. The number of nitrogens with zero attached hydrogens (tertiary/aromatic N) is 4. The van der Waals surface area contributed by atoms with Crippen LogP contribution in [0, 0.1) is 18.7 Å². The van der Waals surface area contributed by atoms with Crippen molar-refractivity contribution in [3.05, 3.63) is 71.3 Å². The van der Waals surface area contributed by atoms with Crippen molar-refractivity contribution >= 4 is 22.9 Å². The lowest BCUT2D eigenvalue weighted by Gasteiger charge is -2.12. The van der Waals surface area contributed by atoms with Crippen LogP contribution < -0.4 is 5.32 Å². The minimum absolute atomic E-state index is 0.0971. The molecule has 0 radical (unpaired) electrons. The van der Waals surface area contributed by atoms with Crippen LogP contribution in [0.15, 0.2) is 46.9 Å². The molecule has 0 spiro atoms. The number of carbonyl (C=O) groups excluding carboxylic acids is 1. The summed E-state index contributed by atoms with van der Waals surface area (Å²) < 4.78 is 18.7. The van der Waals surface area contributed by atoms with Gasteiger partial charge >= 0.3 is 5.97 Å². The number of nitrogens with one attached hydrogen (secondary N) is 1. The van der Waals surface area contributed by atoms with Crippen LogP contribution >= 0.6 is 0 Å². The highest BCUT2D eigenvalue weighted by Crippen LogP contribution is 2.26. The zero-order valence-electron chi connectivity index (χ0n) is 19.3. The van der Waals surface area contributed by atoms with E-state index in [-0.39, 0.29) is 18.3 Å². The molecule has 1 amide bonds. The number of carboxylic acid groups (broad SMARTS) is 1. The summed E-state index contributed by atoms with van der Waals surface area (Å²) >= 11 is 0. The minimum atomic E-state index is -0.848. The van der Waals surface area contributed by atoms with E-state index in [9.17, 15) is 14.0 Å². The van der Waals surface area contributed by atoms with Crippen molar-refractivity contribution in [1.82, 2.24) is 25.5 Å². The molecule has 2 aromatic carbocycles. The first-order valence-corrected chi connectivity index (χ1v) is 11.2. The van der Waals surface area contributed by atoms with Crippen LogP contribution in [0.4, 0.5) is 4.39 Å². The number of aromatic nitrogens is 4. The van der Waals surface area contributed by atoms with Gasteiger partial charge in [0, 0.05) is 18.1 Å². The van der Waals surface area contributed by atoms with Crippen molar-refractivity contribution in [3.63, 3.8) is 0 Å². The molecule has 0 bridgehead atoms. The molecule has 0 saturated carbocycles. The van der Waals surface area contributed by atoms with Crippen LogP contribution in [0.1, 0.15) is 47.6 Å². The Hall–Kier alpha value is -4.21. The van der Waals surface area contributed by atoms with Gasteiger partial charge in [-0.15, -0.1) is 10.2 Å². The lowest BCUT2D eigenvalue weighted by molar-refractivity contribution is -0.141. The third-order valence-corrected chi connectivity index (χ3v) is 5.56. The van der Waals surface area contributed by atoms with E-state index in [2.05, 4.69) is 15.5 Å². The quantitative estimate of drug-likeness (QED) is 0.368. The van der Waals surface area contributed by atoms with Crippen molar-refractivity contribution in [2.45, 2.75) is 39.7 Å².